The van der Waals surface area contributed by atoms with Crippen molar-refractivity contribution < 1.29 is 17.9 Å². The fourth-order valence-corrected chi connectivity index (χ4v) is 2.16. The summed E-state index contributed by atoms with van der Waals surface area (Å²) in [7, 11) is 1.45. The largest absolute Gasteiger partial charge is 0.496 e. The van der Waals surface area contributed by atoms with Gasteiger partial charge in [0.1, 0.15) is 11.8 Å². The molecule has 0 saturated carbocycles. The molecule has 1 atom stereocenters. The molecular weight excluding hydrogens is 323 g/mol. The predicted molar refractivity (Wildman–Crippen MR) is 72.5 cm³/mol. The summed E-state index contributed by atoms with van der Waals surface area (Å²) >= 11 is 3.26. The Morgan fingerprint density at radius 3 is 2.58 bits per heavy atom. The first-order chi connectivity index (χ1) is 8.88. The van der Waals surface area contributed by atoms with E-state index in [0.717, 1.165) is 4.47 Å². The van der Waals surface area contributed by atoms with E-state index in [-0.39, 0.29) is 6.42 Å². The summed E-state index contributed by atoms with van der Waals surface area (Å²) < 4.78 is 44.7. The minimum absolute atomic E-state index is 0.147. The zero-order valence-corrected chi connectivity index (χ0v) is 12.4. The van der Waals surface area contributed by atoms with Gasteiger partial charge in [0.25, 0.3) is 0 Å². The highest BCUT2D eigenvalue weighted by Crippen LogP contribution is 2.29. The number of halogens is 4. The SMILES string of the molecule is CCCNC(Cc1cc(Br)ccc1OC)C(F)(F)F. The van der Waals surface area contributed by atoms with Crippen molar-refractivity contribution in [1.82, 2.24) is 5.32 Å². The molecule has 1 aromatic rings. The van der Waals surface area contributed by atoms with E-state index in [4.69, 9.17) is 4.74 Å². The normalized spacial score (nSPS) is 13.4. The van der Waals surface area contributed by atoms with E-state index in [1.54, 1.807) is 18.2 Å². The van der Waals surface area contributed by atoms with Gasteiger partial charge in [0.15, 0.2) is 0 Å². The number of alkyl halides is 3. The number of nitrogens with one attached hydrogen (secondary N) is 1. The maximum atomic E-state index is 13.0. The highest BCUT2D eigenvalue weighted by Gasteiger charge is 2.39. The van der Waals surface area contributed by atoms with Crippen molar-refractivity contribution in [1.29, 1.82) is 0 Å². The molecule has 0 fully saturated rings. The third-order valence-corrected chi connectivity index (χ3v) is 3.20. The first-order valence-electron chi connectivity index (χ1n) is 6.01. The fourth-order valence-electron chi connectivity index (χ4n) is 1.75. The molecule has 1 aromatic carbocycles. The average molecular weight is 340 g/mol. The lowest BCUT2D eigenvalue weighted by molar-refractivity contribution is -0.155. The zero-order valence-electron chi connectivity index (χ0n) is 10.9. The first-order valence-corrected chi connectivity index (χ1v) is 6.80. The van der Waals surface area contributed by atoms with Crippen molar-refractivity contribution in [3.63, 3.8) is 0 Å². The molecular formula is C13H17BrF3NO. The summed E-state index contributed by atoms with van der Waals surface area (Å²) in [5.41, 5.74) is 0.530. The summed E-state index contributed by atoms with van der Waals surface area (Å²) in [6.07, 6.45) is -3.77. The van der Waals surface area contributed by atoms with Crippen LogP contribution >= 0.6 is 15.9 Å². The first kappa shape index (κ1) is 16.3. The number of hydrogen-bond acceptors (Lipinski definition) is 2. The Balaban J connectivity index is 2.92. The molecule has 0 spiro atoms. The van der Waals surface area contributed by atoms with Gasteiger partial charge in [-0.15, -0.1) is 0 Å². The molecule has 0 aromatic heterocycles. The van der Waals surface area contributed by atoms with Gasteiger partial charge < -0.3 is 10.1 Å². The molecule has 1 unspecified atom stereocenters. The molecule has 1 N–H and O–H groups in total. The van der Waals surface area contributed by atoms with Gasteiger partial charge in [0, 0.05) is 10.9 Å². The summed E-state index contributed by atoms with van der Waals surface area (Å²) in [6, 6.07) is 3.50. The van der Waals surface area contributed by atoms with Crippen LogP contribution in [0.3, 0.4) is 0 Å². The van der Waals surface area contributed by atoms with Gasteiger partial charge >= 0.3 is 6.18 Å². The molecule has 1 rings (SSSR count). The van der Waals surface area contributed by atoms with Crippen molar-refractivity contribution >= 4 is 15.9 Å². The van der Waals surface area contributed by atoms with Gasteiger partial charge in [-0.25, -0.2) is 0 Å². The van der Waals surface area contributed by atoms with Gasteiger partial charge in [-0.3, -0.25) is 0 Å². The summed E-state index contributed by atoms with van der Waals surface area (Å²) in [5.74, 6) is 0.468. The lowest BCUT2D eigenvalue weighted by Crippen LogP contribution is -2.44. The van der Waals surface area contributed by atoms with E-state index >= 15 is 0 Å². The maximum Gasteiger partial charge on any atom is 0.404 e. The molecule has 2 nitrogen and oxygen atoms in total. The Morgan fingerprint density at radius 2 is 2.05 bits per heavy atom. The van der Waals surface area contributed by atoms with Gasteiger partial charge in [-0.1, -0.05) is 22.9 Å². The van der Waals surface area contributed by atoms with Crippen LogP contribution in [-0.2, 0) is 6.42 Å². The third kappa shape index (κ3) is 5.03. The van der Waals surface area contributed by atoms with Crippen molar-refractivity contribution in [3.8, 4) is 5.75 Å². The van der Waals surface area contributed by atoms with E-state index in [1.165, 1.54) is 7.11 Å². The molecule has 19 heavy (non-hydrogen) atoms. The topological polar surface area (TPSA) is 21.3 Å². The van der Waals surface area contributed by atoms with Crippen LogP contribution in [-0.4, -0.2) is 25.9 Å². The van der Waals surface area contributed by atoms with Crippen molar-refractivity contribution in [2.45, 2.75) is 32.0 Å². The van der Waals surface area contributed by atoms with Crippen LogP contribution < -0.4 is 10.1 Å². The number of methoxy groups -OCH3 is 1. The minimum atomic E-state index is -4.28. The van der Waals surface area contributed by atoms with Crippen LogP contribution in [0.1, 0.15) is 18.9 Å². The van der Waals surface area contributed by atoms with Crippen LogP contribution in [0.25, 0.3) is 0 Å². The van der Waals surface area contributed by atoms with Crippen LogP contribution in [0.4, 0.5) is 13.2 Å². The van der Waals surface area contributed by atoms with Gasteiger partial charge in [-0.05, 0) is 36.7 Å². The van der Waals surface area contributed by atoms with Gasteiger partial charge in [0.2, 0.25) is 0 Å². The second-order valence-electron chi connectivity index (χ2n) is 4.21. The molecule has 0 amide bonds. The molecule has 108 valence electrons. The highest BCUT2D eigenvalue weighted by atomic mass is 79.9. The third-order valence-electron chi connectivity index (χ3n) is 2.70. The Morgan fingerprint density at radius 1 is 1.37 bits per heavy atom. The number of ether oxygens (including phenoxy) is 1. The Labute approximate surface area is 119 Å². The second kappa shape index (κ2) is 7.14. The molecule has 0 aliphatic heterocycles. The maximum absolute atomic E-state index is 13.0. The van der Waals surface area contributed by atoms with Crippen LogP contribution in [0.2, 0.25) is 0 Å². The van der Waals surface area contributed by atoms with Crippen molar-refractivity contribution in [2.75, 3.05) is 13.7 Å². The quantitative estimate of drug-likeness (QED) is 0.847. The monoisotopic (exact) mass is 339 g/mol. The Kier molecular flexibility index (Phi) is 6.13. The minimum Gasteiger partial charge on any atom is -0.496 e. The van der Waals surface area contributed by atoms with Gasteiger partial charge in [-0.2, -0.15) is 13.2 Å². The lowest BCUT2D eigenvalue weighted by atomic mass is 10.0. The summed E-state index contributed by atoms with van der Waals surface area (Å²) in [4.78, 5) is 0. The van der Waals surface area contributed by atoms with Gasteiger partial charge in [0.05, 0.1) is 7.11 Å². The standard InChI is InChI=1S/C13H17BrF3NO/c1-3-6-18-12(13(15,16)17)8-9-7-10(14)4-5-11(9)19-2/h4-5,7,12,18H,3,6,8H2,1-2H3. The molecule has 0 radical (unpaired) electrons. The highest BCUT2D eigenvalue weighted by molar-refractivity contribution is 9.10. The summed E-state index contributed by atoms with van der Waals surface area (Å²) in [5, 5.41) is 2.53. The fraction of sp³-hybridized carbons (Fsp3) is 0.538. The lowest BCUT2D eigenvalue weighted by Gasteiger charge is -2.22. The van der Waals surface area contributed by atoms with Crippen molar-refractivity contribution in [3.05, 3.63) is 28.2 Å². The predicted octanol–water partition coefficient (Wildman–Crippen LogP) is 3.93. The van der Waals surface area contributed by atoms with E-state index in [1.807, 2.05) is 6.92 Å². The number of benzene rings is 1. The van der Waals surface area contributed by atoms with E-state index in [2.05, 4.69) is 21.2 Å². The smallest absolute Gasteiger partial charge is 0.404 e. The van der Waals surface area contributed by atoms with Crippen LogP contribution in [0.5, 0.6) is 5.75 Å². The van der Waals surface area contributed by atoms with E-state index < -0.39 is 12.2 Å². The van der Waals surface area contributed by atoms with Crippen LogP contribution in [0, 0.1) is 0 Å². The Hall–Kier alpha value is -0.750. The van der Waals surface area contributed by atoms with Crippen molar-refractivity contribution in [2.24, 2.45) is 0 Å². The molecule has 0 aliphatic rings. The number of rotatable bonds is 6. The molecule has 0 aliphatic carbocycles. The zero-order chi connectivity index (χ0) is 14.5. The molecule has 0 saturated heterocycles. The second-order valence-corrected chi connectivity index (χ2v) is 5.12. The molecule has 0 bridgehead atoms. The van der Waals surface area contributed by atoms with E-state index in [9.17, 15) is 13.2 Å². The van der Waals surface area contributed by atoms with E-state index in [0.29, 0.717) is 24.3 Å². The molecule has 0 heterocycles. The number of hydrogen-bond donors (Lipinski definition) is 1. The Bertz CT molecular complexity index is 409. The van der Waals surface area contributed by atoms with Crippen LogP contribution in [0.15, 0.2) is 22.7 Å². The average Bonchev–Trinajstić information content (AvgIpc) is 2.33. The molecule has 6 heteroatoms. The summed E-state index contributed by atoms with van der Waals surface area (Å²) in [6.45, 7) is 2.17.